The van der Waals surface area contributed by atoms with Gasteiger partial charge in [0, 0.05) is 10.8 Å². The fourth-order valence-corrected chi connectivity index (χ4v) is 1.71. The van der Waals surface area contributed by atoms with Gasteiger partial charge in [-0.3, -0.25) is 0 Å². The van der Waals surface area contributed by atoms with Crippen molar-refractivity contribution in [3.05, 3.63) is 29.6 Å². The molecular weight excluding hydrogens is 248 g/mol. The SMILES string of the molecule is CCOC(=O)c1nc(C#N)c2cc(O)ccc2c1O. The number of ether oxygens (including phenoxy) is 1. The summed E-state index contributed by atoms with van der Waals surface area (Å²) in [5.41, 5.74) is -0.372. The largest absolute Gasteiger partial charge is 0.508 e. The first-order valence-electron chi connectivity index (χ1n) is 5.51. The van der Waals surface area contributed by atoms with E-state index in [0.29, 0.717) is 0 Å². The van der Waals surface area contributed by atoms with Crippen molar-refractivity contribution in [3.63, 3.8) is 0 Å². The standard InChI is InChI=1S/C13H10N2O4/c1-2-19-13(18)11-12(17)8-4-3-7(16)5-9(8)10(6-14)15-11/h3-5,16-17H,2H2,1H3. The molecule has 96 valence electrons. The van der Waals surface area contributed by atoms with E-state index < -0.39 is 5.97 Å². The number of carbonyl (C=O) groups is 1. The summed E-state index contributed by atoms with van der Waals surface area (Å²) in [4.78, 5) is 15.4. The third-order valence-corrected chi connectivity index (χ3v) is 2.54. The minimum absolute atomic E-state index is 0.0610. The lowest BCUT2D eigenvalue weighted by atomic mass is 10.1. The van der Waals surface area contributed by atoms with E-state index in [1.165, 1.54) is 18.2 Å². The van der Waals surface area contributed by atoms with Crippen LogP contribution < -0.4 is 0 Å². The molecule has 0 aliphatic heterocycles. The summed E-state index contributed by atoms with van der Waals surface area (Å²) in [5, 5.41) is 29.0. The maximum Gasteiger partial charge on any atom is 0.360 e. The van der Waals surface area contributed by atoms with E-state index in [2.05, 4.69) is 4.98 Å². The molecule has 0 atom stereocenters. The van der Waals surface area contributed by atoms with Crippen LogP contribution >= 0.6 is 0 Å². The number of hydrogen-bond donors (Lipinski definition) is 2. The molecule has 0 aliphatic carbocycles. The molecule has 2 N–H and O–H groups in total. The van der Waals surface area contributed by atoms with Crippen LogP contribution in [0.3, 0.4) is 0 Å². The molecule has 19 heavy (non-hydrogen) atoms. The normalized spacial score (nSPS) is 10.1. The number of nitrogens with zero attached hydrogens (tertiary/aromatic N) is 2. The molecule has 2 aromatic rings. The minimum Gasteiger partial charge on any atom is -0.508 e. The smallest absolute Gasteiger partial charge is 0.360 e. The number of nitriles is 1. The molecule has 6 nitrogen and oxygen atoms in total. The van der Waals surface area contributed by atoms with Gasteiger partial charge in [0.05, 0.1) is 6.61 Å². The first-order valence-corrected chi connectivity index (χ1v) is 5.51. The molecule has 0 saturated carbocycles. The molecule has 2 rings (SSSR count). The number of benzene rings is 1. The summed E-state index contributed by atoms with van der Waals surface area (Å²) >= 11 is 0. The first-order chi connectivity index (χ1) is 9.08. The van der Waals surface area contributed by atoms with E-state index in [-0.39, 0.29) is 40.3 Å². The molecule has 0 unspecified atom stereocenters. The fraction of sp³-hybridized carbons (Fsp3) is 0.154. The van der Waals surface area contributed by atoms with Crippen LogP contribution in [0.1, 0.15) is 23.1 Å². The predicted molar refractivity (Wildman–Crippen MR) is 65.7 cm³/mol. The van der Waals surface area contributed by atoms with Gasteiger partial charge in [-0.15, -0.1) is 0 Å². The summed E-state index contributed by atoms with van der Waals surface area (Å²) in [7, 11) is 0. The van der Waals surface area contributed by atoms with Gasteiger partial charge in [0.25, 0.3) is 0 Å². The van der Waals surface area contributed by atoms with Gasteiger partial charge in [0.1, 0.15) is 17.5 Å². The van der Waals surface area contributed by atoms with Crippen molar-refractivity contribution >= 4 is 16.7 Å². The Balaban J connectivity index is 2.76. The number of aromatic hydroxyl groups is 2. The van der Waals surface area contributed by atoms with Crippen LogP contribution in [0.15, 0.2) is 18.2 Å². The Bertz CT molecular complexity index is 704. The van der Waals surface area contributed by atoms with Crippen LogP contribution in [-0.2, 0) is 4.74 Å². The van der Waals surface area contributed by atoms with Crippen LogP contribution in [-0.4, -0.2) is 27.8 Å². The van der Waals surface area contributed by atoms with Crippen LogP contribution in [0, 0.1) is 11.3 Å². The van der Waals surface area contributed by atoms with E-state index >= 15 is 0 Å². The van der Waals surface area contributed by atoms with E-state index in [4.69, 9.17) is 10.00 Å². The van der Waals surface area contributed by atoms with Crippen molar-refractivity contribution in [2.24, 2.45) is 0 Å². The van der Waals surface area contributed by atoms with Gasteiger partial charge in [0.15, 0.2) is 11.4 Å². The number of hydrogen-bond acceptors (Lipinski definition) is 6. The first kappa shape index (κ1) is 12.6. The Morgan fingerprint density at radius 1 is 1.42 bits per heavy atom. The zero-order valence-corrected chi connectivity index (χ0v) is 10.0. The molecule has 0 amide bonds. The molecule has 1 aromatic carbocycles. The average molecular weight is 258 g/mol. The van der Waals surface area contributed by atoms with Crippen molar-refractivity contribution in [3.8, 4) is 17.6 Å². The molecule has 0 bridgehead atoms. The number of carbonyl (C=O) groups excluding carboxylic acids is 1. The van der Waals surface area contributed by atoms with Crippen molar-refractivity contribution in [1.29, 1.82) is 5.26 Å². The van der Waals surface area contributed by atoms with Crippen molar-refractivity contribution in [2.75, 3.05) is 6.61 Å². The Hall–Kier alpha value is -2.81. The maximum absolute atomic E-state index is 11.6. The topological polar surface area (TPSA) is 103 Å². The third-order valence-electron chi connectivity index (χ3n) is 2.54. The minimum atomic E-state index is -0.800. The number of aromatic nitrogens is 1. The maximum atomic E-state index is 11.6. The molecule has 1 heterocycles. The molecule has 0 saturated heterocycles. The average Bonchev–Trinajstić information content (AvgIpc) is 2.39. The van der Waals surface area contributed by atoms with Gasteiger partial charge in [-0.25, -0.2) is 9.78 Å². The molecule has 1 aromatic heterocycles. The van der Waals surface area contributed by atoms with Crippen LogP contribution in [0.4, 0.5) is 0 Å². The quantitative estimate of drug-likeness (QED) is 0.794. The summed E-state index contributed by atoms with van der Waals surface area (Å²) in [6, 6.07) is 5.88. The van der Waals surface area contributed by atoms with Crippen LogP contribution in [0.5, 0.6) is 11.5 Å². The molecular formula is C13H10N2O4. The van der Waals surface area contributed by atoms with Gasteiger partial charge >= 0.3 is 5.97 Å². The Morgan fingerprint density at radius 3 is 2.79 bits per heavy atom. The zero-order valence-electron chi connectivity index (χ0n) is 10.0. The summed E-state index contributed by atoms with van der Waals surface area (Å²) in [6.45, 7) is 1.76. The molecule has 0 radical (unpaired) electrons. The summed E-state index contributed by atoms with van der Waals surface area (Å²) < 4.78 is 4.76. The Kier molecular flexibility index (Phi) is 3.21. The molecule has 6 heteroatoms. The summed E-state index contributed by atoms with van der Waals surface area (Å²) in [5.74, 6) is -1.23. The monoisotopic (exact) mass is 258 g/mol. The van der Waals surface area contributed by atoms with Crippen molar-refractivity contribution in [1.82, 2.24) is 4.98 Å². The lowest BCUT2D eigenvalue weighted by Crippen LogP contribution is -2.08. The second kappa shape index (κ2) is 4.82. The predicted octanol–water partition coefficient (Wildman–Crippen LogP) is 1.69. The van der Waals surface area contributed by atoms with Gasteiger partial charge in [0.2, 0.25) is 0 Å². The van der Waals surface area contributed by atoms with Crippen LogP contribution in [0.2, 0.25) is 0 Å². The highest BCUT2D eigenvalue weighted by Gasteiger charge is 2.20. The highest BCUT2D eigenvalue weighted by Crippen LogP contribution is 2.32. The molecule has 0 aliphatic rings. The van der Waals surface area contributed by atoms with E-state index in [0.717, 1.165) is 0 Å². The molecule has 0 fully saturated rings. The third kappa shape index (κ3) is 2.13. The Morgan fingerprint density at radius 2 is 2.16 bits per heavy atom. The number of phenols is 1. The van der Waals surface area contributed by atoms with E-state index in [1.54, 1.807) is 6.92 Å². The van der Waals surface area contributed by atoms with Gasteiger partial charge in [-0.1, -0.05) is 0 Å². The number of esters is 1. The lowest BCUT2D eigenvalue weighted by Gasteiger charge is -2.08. The Labute approximate surface area is 108 Å². The highest BCUT2D eigenvalue weighted by atomic mass is 16.5. The van der Waals surface area contributed by atoms with Gasteiger partial charge in [-0.2, -0.15) is 5.26 Å². The summed E-state index contributed by atoms with van der Waals surface area (Å²) in [6.07, 6.45) is 0. The second-order valence-corrected chi connectivity index (χ2v) is 3.72. The zero-order chi connectivity index (χ0) is 14.0. The molecule has 0 spiro atoms. The highest BCUT2D eigenvalue weighted by molar-refractivity contribution is 6.01. The van der Waals surface area contributed by atoms with Crippen molar-refractivity contribution < 1.29 is 19.7 Å². The number of fused-ring (bicyclic) bond motifs is 1. The fourth-order valence-electron chi connectivity index (χ4n) is 1.71. The van der Waals surface area contributed by atoms with Gasteiger partial charge < -0.3 is 14.9 Å². The second-order valence-electron chi connectivity index (χ2n) is 3.72. The number of pyridine rings is 1. The lowest BCUT2D eigenvalue weighted by molar-refractivity contribution is 0.0516. The number of phenolic OH excluding ortho intramolecular Hbond substituents is 1. The number of rotatable bonds is 2. The van der Waals surface area contributed by atoms with E-state index in [1.807, 2.05) is 6.07 Å². The van der Waals surface area contributed by atoms with Crippen LogP contribution in [0.25, 0.3) is 10.8 Å². The van der Waals surface area contributed by atoms with Gasteiger partial charge in [-0.05, 0) is 25.1 Å². The van der Waals surface area contributed by atoms with E-state index in [9.17, 15) is 15.0 Å². The van der Waals surface area contributed by atoms with Crippen molar-refractivity contribution in [2.45, 2.75) is 6.92 Å².